The van der Waals surface area contributed by atoms with Gasteiger partial charge in [0.15, 0.2) is 6.10 Å². The van der Waals surface area contributed by atoms with Crippen LogP contribution in [0, 0.1) is 0 Å². The SMILES string of the molecule is CC[C@@H](Oc1ccccc1Cl)C(=O)Nc1cccc(NC(=O)c2ccc(C(C)(C)C)cc2)c1. The van der Waals surface area contributed by atoms with Crippen LogP contribution in [-0.2, 0) is 10.2 Å². The number of carbonyl (C=O) groups excluding carboxylic acids is 2. The Labute approximate surface area is 200 Å². The van der Waals surface area contributed by atoms with Gasteiger partial charge in [-0.05, 0) is 59.9 Å². The van der Waals surface area contributed by atoms with Gasteiger partial charge in [-0.25, -0.2) is 0 Å². The Balaban J connectivity index is 1.65. The lowest BCUT2D eigenvalue weighted by Gasteiger charge is -2.19. The third kappa shape index (κ3) is 6.59. The number of halogens is 1. The van der Waals surface area contributed by atoms with Crippen LogP contribution in [0.5, 0.6) is 5.75 Å². The van der Waals surface area contributed by atoms with Gasteiger partial charge >= 0.3 is 0 Å². The molecule has 0 saturated heterocycles. The van der Waals surface area contributed by atoms with Crippen molar-refractivity contribution in [2.75, 3.05) is 10.6 Å². The lowest BCUT2D eigenvalue weighted by molar-refractivity contribution is -0.122. The molecule has 3 aromatic rings. The van der Waals surface area contributed by atoms with Gasteiger partial charge in [0.1, 0.15) is 5.75 Å². The second kappa shape index (κ2) is 10.5. The zero-order valence-corrected chi connectivity index (χ0v) is 20.1. The molecule has 172 valence electrons. The van der Waals surface area contributed by atoms with Crippen molar-refractivity contribution in [3.05, 3.63) is 88.9 Å². The highest BCUT2D eigenvalue weighted by Crippen LogP contribution is 2.26. The molecule has 2 amide bonds. The normalized spacial score (nSPS) is 12.0. The van der Waals surface area contributed by atoms with Crippen molar-refractivity contribution in [2.45, 2.75) is 45.6 Å². The maximum Gasteiger partial charge on any atom is 0.265 e. The zero-order valence-electron chi connectivity index (χ0n) is 19.3. The number of amides is 2. The molecule has 0 aliphatic carbocycles. The summed E-state index contributed by atoms with van der Waals surface area (Å²) in [7, 11) is 0. The van der Waals surface area contributed by atoms with Gasteiger partial charge in [-0.2, -0.15) is 0 Å². The van der Waals surface area contributed by atoms with Crippen molar-refractivity contribution in [1.29, 1.82) is 0 Å². The Kier molecular flexibility index (Phi) is 7.77. The quantitative estimate of drug-likeness (QED) is 0.409. The topological polar surface area (TPSA) is 67.4 Å². The predicted molar refractivity (Wildman–Crippen MR) is 134 cm³/mol. The van der Waals surface area contributed by atoms with E-state index in [-0.39, 0.29) is 17.2 Å². The third-order valence-electron chi connectivity index (χ3n) is 5.17. The minimum absolute atomic E-state index is 0.0213. The first kappa shape index (κ1) is 24.3. The molecule has 1 atom stereocenters. The molecule has 5 nitrogen and oxygen atoms in total. The van der Waals surface area contributed by atoms with Gasteiger partial charge < -0.3 is 15.4 Å². The van der Waals surface area contributed by atoms with E-state index < -0.39 is 6.10 Å². The van der Waals surface area contributed by atoms with E-state index in [0.29, 0.717) is 34.1 Å². The van der Waals surface area contributed by atoms with Crippen LogP contribution in [0.1, 0.15) is 50.0 Å². The van der Waals surface area contributed by atoms with E-state index in [0.717, 1.165) is 5.56 Å². The Bertz CT molecular complexity index is 1120. The maximum atomic E-state index is 12.8. The summed E-state index contributed by atoms with van der Waals surface area (Å²) >= 11 is 6.14. The number of rotatable bonds is 7. The highest BCUT2D eigenvalue weighted by atomic mass is 35.5. The van der Waals surface area contributed by atoms with Crippen molar-refractivity contribution in [3.8, 4) is 5.75 Å². The molecule has 0 aromatic heterocycles. The number of hydrogen-bond donors (Lipinski definition) is 2. The smallest absolute Gasteiger partial charge is 0.265 e. The molecule has 0 heterocycles. The molecule has 0 unspecified atom stereocenters. The molecular weight excluding hydrogens is 436 g/mol. The summed E-state index contributed by atoms with van der Waals surface area (Å²) in [4.78, 5) is 25.4. The van der Waals surface area contributed by atoms with Gasteiger partial charge in [-0.3, -0.25) is 9.59 Å². The molecule has 0 bridgehead atoms. The van der Waals surface area contributed by atoms with Crippen LogP contribution < -0.4 is 15.4 Å². The molecule has 2 N–H and O–H groups in total. The highest BCUT2D eigenvalue weighted by molar-refractivity contribution is 6.32. The second-order valence-corrected chi connectivity index (χ2v) is 9.20. The molecule has 33 heavy (non-hydrogen) atoms. The maximum absolute atomic E-state index is 12.8. The average molecular weight is 465 g/mol. The molecule has 3 rings (SSSR count). The molecule has 3 aromatic carbocycles. The summed E-state index contributed by atoms with van der Waals surface area (Å²) in [5.41, 5.74) is 2.89. The van der Waals surface area contributed by atoms with Crippen LogP contribution in [0.4, 0.5) is 11.4 Å². The monoisotopic (exact) mass is 464 g/mol. The van der Waals surface area contributed by atoms with Gasteiger partial charge in [0.2, 0.25) is 0 Å². The van der Waals surface area contributed by atoms with Gasteiger partial charge in [-0.1, -0.05) is 69.6 Å². The summed E-state index contributed by atoms with van der Waals surface area (Å²) in [6.07, 6.45) is -0.234. The van der Waals surface area contributed by atoms with Crippen molar-refractivity contribution < 1.29 is 14.3 Å². The predicted octanol–water partition coefficient (Wildman–Crippen LogP) is 6.69. The minimum Gasteiger partial charge on any atom is -0.479 e. The Morgan fingerprint density at radius 1 is 0.909 bits per heavy atom. The molecule has 0 radical (unpaired) electrons. The number of benzene rings is 3. The summed E-state index contributed by atoms with van der Waals surface area (Å²) < 4.78 is 5.80. The van der Waals surface area contributed by atoms with Gasteiger partial charge in [0, 0.05) is 16.9 Å². The van der Waals surface area contributed by atoms with E-state index in [2.05, 4.69) is 31.4 Å². The fraction of sp³-hybridized carbons (Fsp3) is 0.259. The second-order valence-electron chi connectivity index (χ2n) is 8.80. The Morgan fingerprint density at radius 3 is 2.15 bits per heavy atom. The summed E-state index contributed by atoms with van der Waals surface area (Å²) in [6.45, 7) is 8.25. The van der Waals surface area contributed by atoms with Crippen LogP contribution in [-0.4, -0.2) is 17.9 Å². The van der Waals surface area contributed by atoms with Crippen LogP contribution in [0.3, 0.4) is 0 Å². The number of nitrogens with one attached hydrogen (secondary N) is 2. The van der Waals surface area contributed by atoms with Crippen LogP contribution >= 0.6 is 11.6 Å². The molecule has 0 aliphatic rings. The van der Waals surface area contributed by atoms with Gasteiger partial charge in [-0.15, -0.1) is 0 Å². The van der Waals surface area contributed by atoms with Crippen LogP contribution in [0.25, 0.3) is 0 Å². The highest BCUT2D eigenvalue weighted by Gasteiger charge is 2.20. The lowest BCUT2D eigenvalue weighted by atomic mass is 9.87. The first-order valence-corrected chi connectivity index (χ1v) is 11.3. The number of carbonyl (C=O) groups is 2. The Morgan fingerprint density at radius 2 is 1.55 bits per heavy atom. The average Bonchev–Trinajstić information content (AvgIpc) is 2.78. The first-order chi connectivity index (χ1) is 15.7. The summed E-state index contributed by atoms with van der Waals surface area (Å²) in [5.74, 6) is -0.0502. The van der Waals surface area contributed by atoms with Crippen molar-refractivity contribution >= 4 is 34.8 Å². The molecule has 6 heteroatoms. The number of hydrogen-bond acceptors (Lipinski definition) is 3. The molecule has 0 fully saturated rings. The van der Waals surface area contributed by atoms with E-state index >= 15 is 0 Å². The van der Waals surface area contributed by atoms with E-state index in [1.807, 2.05) is 31.2 Å². The van der Waals surface area contributed by atoms with E-state index in [4.69, 9.17) is 16.3 Å². The number of para-hydroxylation sites is 1. The first-order valence-electron chi connectivity index (χ1n) is 10.9. The van der Waals surface area contributed by atoms with E-state index in [9.17, 15) is 9.59 Å². The molecule has 0 spiro atoms. The third-order valence-corrected chi connectivity index (χ3v) is 5.48. The van der Waals surface area contributed by atoms with Crippen LogP contribution in [0.2, 0.25) is 5.02 Å². The van der Waals surface area contributed by atoms with E-state index in [1.54, 1.807) is 48.5 Å². The molecular formula is C27H29ClN2O3. The fourth-order valence-electron chi connectivity index (χ4n) is 3.24. The van der Waals surface area contributed by atoms with Crippen molar-refractivity contribution in [2.24, 2.45) is 0 Å². The fourth-order valence-corrected chi connectivity index (χ4v) is 3.42. The molecule has 0 aliphatic heterocycles. The van der Waals surface area contributed by atoms with Crippen molar-refractivity contribution in [3.63, 3.8) is 0 Å². The standard InChI is InChI=1S/C27H29ClN2O3/c1-5-23(33-24-12-7-6-11-22(24)28)26(32)30-21-10-8-9-20(17-21)29-25(31)18-13-15-19(16-14-18)27(2,3)4/h6-17,23H,5H2,1-4H3,(H,29,31)(H,30,32)/t23-/m1/s1. The number of ether oxygens (including phenoxy) is 1. The summed E-state index contributed by atoms with van der Waals surface area (Å²) in [6, 6.07) is 21.6. The van der Waals surface area contributed by atoms with Crippen LogP contribution in [0.15, 0.2) is 72.8 Å². The number of anilines is 2. The van der Waals surface area contributed by atoms with E-state index in [1.165, 1.54) is 0 Å². The minimum atomic E-state index is -0.704. The Hall–Kier alpha value is -3.31. The van der Waals surface area contributed by atoms with Crippen molar-refractivity contribution in [1.82, 2.24) is 0 Å². The van der Waals surface area contributed by atoms with Gasteiger partial charge in [0.05, 0.1) is 5.02 Å². The van der Waals surface area contributed by atoms with Gasteiger partial charge in [0.25, 0.3) is 11.8 Å². The summed E-state index contributed by atoms with van der Waals surface area (Å²) in [5, 5.41) is 6.18. The lowest BCUT2D eigenvalue weighted by Crippen LogP contribution is -2.32. The largest absolute Gasteiger partial charge is 0.479 e. The molecule has 0 saturated carbocycles. The zero-order chi connectivity index (χ0) is 24.0.